The minimum Gasteiger partial charge on any atom is -0.508 e. The number of aliphatic hydroxyl groups is 2. The monoisotopic (exact) mass is 874 g/mol. The number of benzene rings is 4. The Balaban J connectivity index is 1.17. The van der Waals surface area contributed by atoms with E-state index in [1.807, 2.05) is 37.4 Å². The Morgan fingerprint density at radius 2 is 1.78 bits per heavy atom. The molecule has 0 spiro atoms. The predicted octanol–water partition coefficient (Wildman–Crippen LogP) is 7.68. The van der Waals surface area contributed by atoms with Gasteiger partial charge in [-0.25, -0.2) is 0 Å². The van der Waals surface area contributed by atoms with Crippen LogP contribution < -0.4 is 30.2 Å². The van der Waals surface area contributed by atoms with E-state index in [0.717, 1.165) is 80.6 Å². The lowest BCUT2D eigenvalue weighted by molar-refractivity contribution is -0.131. The van der Waals surface area contributed by atoms with Gasteiger partial charge in [-0.05, 0) is 139 Å². The lowest BCUT2D eigenvalue weighted by atomic mass is 9.70. The fraction of sp³-hybridized carbons (Fsp3) is 0.500. The molecular formula is C52H66N4O8. The summed E-state index contributed by atoms with van der Waals surface area (Å²) < 4.78 is 27.3. The van der Waals surface area contributed by atoms with Crippen LogP contribution in [0.15, 0.2) is 66.9 Å². The first-order chi connectivity index (χ1) is 30.9. The predicted molar refractivity (Wildman–Crippen MR) is 249 cm³/mol. The summed E-state index contributed by atoms with van der Waals surface area (Å²) in [6.45, 7) is 7.57. The molecule has 0 bridgehead atoms. The molecular weight excluding hydrogens is 809 g/mol. The van der Waals surface area contributed by atoms with Gasteiger partial charge in [0.1, 0.15) is 29.0 Å². The van der Waals surface area contributed by atoms with Crippen molar-refractivity contribution in [2.75, 3.05) is 40.2 Å². The molecule has 5 atom stereocenters. The highest BCUT2D eigenvalue weighted by molar-refractivity contribution is 5.85. The van der Waals surface area contributed by atoms with Crippen LogP contribution in [0.3, 0.4) is 0 Å². The molecule has 0 amide bonds. The van der Waals surface area contributed by atoms with Crippen LogP contribution in [0.1, 0.15) is 105 Å². The maximum absolute atomic E-state index is 11.1. The number of phenolic OH excluding ortho intramolecular Hbond substituents is 2. The second-order valence-electron chi connectivity index (χ2n) is 19.5. The van der Waals surface area contributed by atoms with Gasteiger partial charge in [0.15, 0.2) is 17.6 Å². The number of hydrogen-bond donors (Lipinski definition) is 8. The van der Waals surface area contributed by atoms with Crippen LogP contribution >= 0.6 is 0 Å². The minimum absolute atomic E-state index is 0.0183. The van der Waals surface area contributed by atoms with E-state index in [2.05, 4.69) is 59.0 Å². The van der Waals surface area contributed by atoms with Gasteiger partial charge < -0.3 is 55.0 Å². The van der Waals surface area contributed by atoms with Gasteiger partial charge in [0.25, 0.3) is 0 Å². The normalized spacial score (nSPS) is 22.6. The number of methoxy groups -OCH3 is 1. The molecule has 8 N–H and O–H groups in total. The topological polar surface area (TPSA) is 170 Å². The van der Waals surface area contributed by atoms with Crippen molar-refractivity contribution in [2.24, 2.45) is 5.92 Å². The molecule has 1 fully saturated rings. The molecule has 9 rings (SSSR count). The summed E-state index contributed by atoms with van der Waals surface area (Å²) in [5.41, 5.74) is 7.49. The first kappa shape index (κ1) is 44.4. The third-order valence-corrected chi connectivity index (χ3v) is 14.0. The standard InChI is InChI=1S/C52H66N4O8/c1-31(2)24-51(3,60)27-53-29-54-28-52(62-30-56-36-7-5-6-8-36)25-43-42-21-35(20-32-9-15-44-33(19-32)17-18-55-44)41-23-37(58)11-13-39(41)47(42)49-40(14-12-38(26-57)63-49)48(43)64-50(52)34-10-16-45(59)46(22-34)61-4/h9-11,13,15-19,22-23,31,35-36,38,50,53-60H,5-8,12,14,20-21,24-30H2,1-4H3. The zero-order valence-corrected chi connectivity index (χ0v) is 37.8. The van der Waals surface area contributed by atoms with Crippen molar-refractivity contribution in [3.8, 4) is 39.9 Å². The molecule has 342 valence electrons. The number of nitrogens with one attached hydrogen (secondary N) is 4. The van der Waals surface area contributed by atoms with E-state index in [9.17, 15) is 20.4 Å². The Morgan fingerprint density at radius 3 is 2.58 bits per heavy atom. The first-order valence-electron chi connectivity index (χ1n) is 23.4. The number of rotatable bonds is 17. The van der Waals surface area contributed by atoms with Crippen molar-refractivity contribution in [3.63, 3.8) is 0 Å². The molecule has 2 aliphatic heterocycles. The zero-order valence-electron chi connectivity index (χ0n) is 37.8. The number of aliphatic hydroxyl groups excluding tert-OH is 1. The Morgan fingerprint density at radius 1 is 0.938 bits per heavy atom. The Kier molecular flexibility index (Phi) is 12.9. The second-order valence-corrected chi connectivity index (χ2v) is 19.5. The number of ether oxygens (including phenoxy) is 4. The molecule has 0 radical (unpaired) electrons. The number of phenols is 2. The number of aromatic hydroxyl groups is 2. The molecule has 12 nitrogen and oxygen atoms in total. The third-order valence-electron chi connectivity index (χ3n) is 14.0. The van der Waals surface area contributed by atoms with E-state index in [1.54, 1.807) is 19.2 Å². The van der Waals surface area contributed by atoms with E-state index in [4.69, 9.17) is 18.9 Å². The first-order valence-corrected chi connectivity index (χ1v) is 23.4. The number of fused-ring (bicyclic) bond motifs is 9. The van der Waals surface area contributed by atoms with E-state index < -0.39 is 17.3 Å². The summed E-state index contributed by atoms with van der Waals surface area (Å²) in [5, 5.41) is 55.5. The average Bonchev–Trinajstić information content (AvgIpc) is 3.98. The van der Waals surface area contributed by atoms with Crippen molar-refractivity contribution >= 4 is 10.9 Å². The molecule has 4 aliphatic rings. The van der Waals surface area contributed by atoms with Crippen LogP contribution in [0.5, 0.6) is 28.7 Å². The van der Waals surface area contributed by atoms with Gasteiger partial charge in [0.05, 0.1) is 26.0 Å². The fourth-order valence-corrected chi connectivity index (χ4v) is 11.1. The molecule has 0 saturated heterocycles. The lowest BCUT2D eigenvalue weighted by Gasteiger charge is -2.47. The number of aromatic nitrogens is 1. The minimum atomic E-state index is -0.974. The SMILES string of the molecule is COc1cc(C2Oc3c(c4c(c5c3CCC(CO)O5)-c3ccc(O)cc3C(Cc3ccc5[nH]ccc5c3)C4)CC2(CNCNCC(C)(O)CC(C)C)OCNC2CCCC2)ccc1O. The Hall–Kier alpha value is -4.82. The maximum Gasteiger partial charge on any atom is 0.160 e. The van der Waals surface area contributed by atoms with Crippen LogP contribution in [0, 0.1) is 5.92 Å². The van der Waals surface area contributed by atoms with Gasteiger partial charge >= 0.3 is 0 Å². The highest BCUT2D eigenvalue weighted by Gasteiger charge is 2.50. The number of H-pyrrole nitrogens is 1. The van der Waals surface area contributed by atoms with Crippen molar-refractivity contribution in [3.05, 3.63) is 100 Å². The van der Waals surface area contributed by atoms with Gasteiger partial charge in [-0.3, -0.25) is 5.32 Å². The average molecular weight is 875 g/mol. The Labute approximate surface area is 376 Å². The molecule has 5 aromatic rings. The van der Waals surface area contributed by atoms with E-state index in [0.29, 0.717) is 76.3 Å². The fourth-order valence-electron chi connectivity index (χ4n) is 11.1. The second kappa shape index (κ2) is 18.6. The molecule has 5 unspecified atom stereocenters. The summed E-state index contributed by atoms with van der Waals surface area (Å²) in [6.07, 6.45) is 9.41. The van der Waals surface area contributed by atoms with Crippen LogP contribution in [-0.2, 0) is 30.4 Å². The number of aromatic amines is 1. The van der Waals surface area contributed by atoms with Crippen LogP contribution in [0.4, 0.5) is 0 Å². The van der Waals surface area contributed by atoms with E-state index in [-0.39, 0.29) is 30.1 Å². The molecule has 2 aliphatic carbocycles. The lowest BCUT2D eigenvalue weighted by Crippen LogP contribution is -2.56. The van der Waals surface area contributed by atoms with Gasteiger partial charge in [-0.15, -0.1) is 0 Å². The van der Waals surface area contributed by atoms with Gasteiger partial charge in [0.2, 0.25) is 0 Å². The molecule has 1 aromatic heterocycles. The summed E-state index contributed by atoms with van der Waals surface area (Å²) in [7, 11) is 1.55. The summed E-state index contributed by atoms with van der Waals surface area (Å²) >= 11 is 0. The zero-order chi connectivity index (χ0) is 44.6. The highest BCUT2D eigenvalue weighted by Crippen LogP contribution is 2.57. The quantitative estimate of drug-likeness (QED) is 0.0341. The summed E-state index contributed by atoms with van der Waals surface area (Å²) in [5.74, 6) is 2.48. The Bertz CT molecular complexity index is 2440. The van der Waals surface area contributed by atoms with Crippen molar-refractivity contribution < 1.29 is 39.4 Å². The summed E-state index contributed by atoms with van der Waals surface area (Å²) in [6, 6.07) is 20.1. The van der Waals surface area contributed by atoms with Crippen LogP contribution in [-0.4, -0.2) is 89.0 Å². The van der Waals surface area contributed by atoms with Gasteiger partial charge in [-0.2, -0.15) is 0 Å². The van der Waals surface area contributed by atoms with E-state index in [1.165, 1.54) is 18.4 Å². The van der Waals surface area contributed by atoms with E-state index >= 15 is 0 Å². The molecule has 3 heterocycles. The van der Waals surface area contributed by atoms with Crippen molar-refractivity contribution in [2.45, 2.75) is 120 Å². The number of hydrogen-bond acceptors (Lipinski definition) is 11. The van der Waals surface area contributed by atoms with Crippen LogP contribution in [0.2, 0.25) is 0 Å². The van der Waals surface area contributed by atoms with Gasteiger partial charge in [0, 0.05) is 60.6 Å². The molecule has 4 aromatic carbocycles. The smallest absolute Gasteiger partial charge is 0.160 e. The largest absolute Gasteiger partial charge is 0.508 e. The van der Waals surface area contributed by atoms with Crippen LogP contribution in [0.25, 0.3) is 22.0 Å². The van der Waals surface area contributed by atoms with Gasteiger partial charge in [-0.1, -0.05) is 44.9 Å². The van der Waals surface area contributed by atoms with Crippen molar-refractivity contribution in [1.82, 2.24) is 20.9 Å². The molecule has 1 saturated carbocycles. The maximum atomic E-state index is 11.1. The summed E-state index contributed by atoms with van der Waals surface area (Å²) in [4.78, 5) is 3.32. The third kappa shape index (κ3) is 9.05. The highest BCUT2D eigenvalue weighted by atomic mass is 16.6. The molecule has 64 heavy (non-hydrogen) atoms. The molecule has 12 heteroatoms. The van der Waals surface area contributed by atoms with Crippen molar-refractivity contribution in [1.29, 1.82) is 0 Å².